The molecule has 0 aromatic heterocycles. The highest BCUT2D eigenvalue weighted by atomic mass is 32.2. The molecule has 0 radical (unpaired) electrons. The average Bonchev–Trinajstić information content (AvgIpc) is 2.45. The lowest BCUT2D eigenvalue weighted by Gasteiger charge is -2.40. The summed E-state index contributed by atoms with van der Waals surface area (Å²) in [5.74, 6) is 0. The number of rotatable bonds is 5. The summed E-state index contributed by atoms with van der Waals surface area (Å²) in [6.07, 6.45) is 7.63. The van der Waals surface area contributed by atoms with Crippen molar-refractivity contribution in [3.05, 3.63) is 0 Å². The number of nitrogens with zero attached hydrogens (tertiary/aromatic N) is 1. The number of sulfone groups is 1. The number of ether oxygens (including phenoxy) is 1. The van der Waals surface area contributed by atoms with Crippen molar-refractivity contribution in [3.63, 3.8) is 0 Å². The Morgan fingerprint density at radius 2 is 1.90 bits per heavy atom. The number of hydrogen-bond acceptors (Lipinski definition) is 5. The highest BCUT2D eigenvalue weighted by molar-refractivity contribution is 7.91. The molecule has 2 atom stereocenters. The first-order chi connectivity index (χ1) is 9.50. The van der Waals surface area contributed by atoms with Gasteiger partial charge >= 0.3 is 0 Å². The monoisotopic (exact) mass is 304 g/mol. The van der Waals surface area contributed by atoms with E-state index in [2.05, 4.69) is 4.90 Å². The molecular weight excluding hydrogens is 276 g/mol. The summed E-state index contributed by atoms with van der Waals surface area (Å²) in [7, 11) is -2.89. The van der Waals surface area contributed by atoms with Gasteiger partial charge in [-0.1, -0.05) is 6.42 Å². The van der Waals surface area contributed by atoms with E-state index in [1.165, 1.54) is 6.26 Å². The SMILES string of the molecule is CS(=O)(=O)C1CCCC(N2CCC(OCCN)CC2)C1. The van der Waals surface area contributed by atoms with Gasteiger partial charge in [0.15, 0.2) is 0 Å². The van der Waals surface area contributed by atoms with Crippen LogP contribution in [0.4, 0.5) is 0 Å². The highest BCUT2D eigenvalue weighted by Crippen LogP contribution is 2.29. The standard InChI is InChI=1S/C14H28N2O3S/c1-20(17,18)14-4-2-3-12(11-14)16-8-5-13(6-9-16)19-10-7-15/h12-14H,2-11,15H2,1H3. The fourth-order valence-corrected chi connectivity index (χ4v) is 4.65. The van der Waals surface area contributed by atoms with E-state index < -0.39 is 9.84 Å². The molecule has 1 saturated heterocycles. The van der Waals surface area contributed by atoms with E-state index in [-0.39, 0.29) is 5.25 Å². The predicted octanol–water partition coefficient (Wildman–Crippen LogP) is 0.782. The van der Waals surface area contributed by atoms with Crippen LogP contribution in [0.25, 0.3) is 0 Å². The molecule has 0 spiro atoms. The number of hydrogen-bond donors (Lipinski definition) is 1. The van der Waals surface area contributed by atoms with Crippen molar-refractivity contribution in [2.45, 2.75) is 55.9 Å². The molecule has 6 heteroatoms. The van der Waals surface area contributed by atoms with Crippen molar-refractivity contribution >= 4 is 9.84 Å². The van der Waals surface area contributed by atoms with Crippen LogP contribution in [0, 0.1) is 0 Å². The molecule has 5 nitrogen and oxygen atoms in total. The van der Waals surface area contributed by atoms with Crippen molar-refractivity contribution in [1.82, 2.24) is 4.90 Å². The van der Waals surface area contributed by atoms with Crippen LogP contribution in [-0.2, 0) is 14.6 Å². The smallest absolute Gasteiger partial charge is 0.150 e. The third kappa shape index (κ3) is 4.41. The van der Waals surface area contributed by atoms with Crippen LogP contribution < -0.4 is 5.73 Å². The minimum atomic E-state index is -2.89. The Morgan fingerprint density at radius 3 is 2.50 bits per heavy atom. The Labute approximate surface area is 122 Å². The van der Waals surface area contributed by atoms with Crippen LogP contribution in [-0.4, -0.2) is 63.2 Å². The first-order valence-corrected chi connectivity index (χ1v) is 9.70. The van der Waals surface area contributed by atoms with Crippen LogP contribution in [0.3, 0.4) is 0 Å². The Hall–Kier alpha value is -0.170. The second-order valence-electron chi connectivity index (χ2n) is 6.17. The number of likely N-dealkylation sites (tertiary alicyclic amines) is 1. The Kier molecular flexibility index (Phi) is 5.84. The summed E-state index contributed by atoms with van der Waals surface area (Å²) in [6, 6.07) is 0.443. The second kappa shape index (κ2) is 7.20. The molecule has 2 rings (SSSR count). The lowest BCUT2D eigenvalue weighted by Crippen LogP contribution is -2.47. The fraction of sp³-hybridized carbons (Fsp3) is 1.00. The van der Waals surface area contributed by atoms with Crippen LogP contribution in [0.15, 0.2) is 0 Å². The van der Waals surface area contributed by atoms with Gasteiger partial charge in [-0.15, -0.1) is 0 Å². The molecule has 118 valence electrons. The summed E-state index contributed by atoms with van der Waals surface area (Å²) < 4.78 is 29.2. The summed E-state index contributed by atoms with van der Waals surface area (Å²) in [4.78, 5) is 2.47. The van der Waals surface area contributed by atoms with Crippen molar-refractivity contribution in [3.8, 4) is 0 Å². The zero-order chi connectivity index (χ0) is 14.6. The molecule has 1 saturated carbocycles. The summed E-state index contributed by atoms with van der Waals surface area (Å²) in [5.41, 5.74) is 5.45. The molecule has 20 heavy (non-hydrogen) atoms. The van der Waals surface area contributed by atoms with Gasteiger partial charge in [0.2, 0.25) is 0 Å². The van der Waals surface area contributed by atoms with E-state index in [4.69, 9.17) is 10.5 Å². The van der Waals surface area contributed by atoms with Crippen molar-refractivity contribution in [2.24, 2.45) is 5.73 Å². The van der Waals surface area contributed by atoms with Crippen molar-refractivity contribution in [1.29, 1.82) is 0 Å². The van der Waals surface area contributed by atoms with Gasteiger partial charge in [0.05, 0.1) is 18.0 Å². The van der Waals surface area contributed by atoms with E-state index in [1.54, 1.807) is 0 Å². The first-order valence-electron chi connectivity index (χ1n) is 7.75. The zero-order valence-electron chi connectivity index (χ0n) is 12.5. The van der Waals surface area contributed by atoms with Crippen molar-refractivity contribution < 1.29 is 13.2 Å². The van der Waals surface area contributed by atoms with Crippen molar-refractivity contribution in [2.75, 3.05) is 32.5 Å². The van der Waals surface area contributed by atoms with Gasteiger partial charge < -0.3 is 15.4 Å². The maximum absolute atomic E-state index is 11.7. The van der Waals surface area contributed by atoms with Gasteiger partial charge in [0.25, 0.3) is 0 Å². The topological polar surface area (TPSA) is 72.6 Å². The normalized spacial score (nSPS) is 30.5. The quantitative estimate of drug-likeness (QED) is 0.812. The zero-order valence-corrected chi connectivity index (χ0v) is 13.3. The highest BCUT2D eigenvalue weighted by Gasteiger charge is 2.33. The maximum atomic E-state index is 11.7. The third-order valence-corrected chi connectivity index (χ3v) is 6.31. The molecule has 1 aliphatic heterocycles. The van der Waals surface area contributed by atoms with E-state index in [0.29, 0.717) is 25.3 Å². The van der Waals surface area contributed by atoms with Crippen LogP contribution in [0.2, 0.25) is 0 Å². The molecule has 1 aliphatic carbocycles. The van der Waals surface area contributed by atoms with Gasteiger partial charge in [0, 0.05) is 31.9 Å². The Balaban J connectivity index is 1.81. The number of nitrogens with two attached hydrogens (primary N) is 1. The minimum absolute atomic E-state index is 0.132. The van der Waals surface area contributed by atoms with Gasteiger partial charge in [-0.2, -0.15) is 0 Å². The molecule has 0 amide bonds. The van der Waals surface area contributed by atoms with Gasteiger partial charge in [0.1, 0.15) is 9.84 Å². The summed E-state index contributed by atoms with van der Waals surface area (Å²) >= 11 is 0. The third-order valence-electron chi connectivity index (χ3n) is 4.67. The molecule has 2 fully saturated rings. The molecule has 0 bridgehead atoms. The molecule has 2 N–H and O–H groups in total. The van der Waals surface area contributed by atoms with Crippen LogP contribution in [0.1, 0.15) is 38.5 Å². The lowest BCUT2D eigenvalue weighted by atomic mass is 9.92. The Bertz CT molecular complexity index is 391. The molecule has 0 aromatic carbocycles. The van der Waals surface area contributed by atoms with Crippen LogP contribution >= 0.6 is 0 Å². The Morgan fingerprint density at radius 1 is 1.20 bits per heavy atom. The largest absolute Gasteiger partial charge is 0.377 e. The van der Waals surface area contributed by atoms with E-state index in [0.717, 1.165) is 51.6 Å². The van der Waals surface area contributed by atoms with Gasteiger partial charge in [-0.3, -0.25) is 0 Å². The molecule has 2 aliphatic rings. The summed E-state index contributed by atoms with van der Waals surface area (Å²) in [6.45, 7) is 3.27. The first kappa shape index (κ1) is 16.2. The van der Waals surface area contributed by atoms with Crippen LogP contribution in [0.5, 0.6) is 0 Å². The molecular formula is C14H28N2O3S. The number of piperidine rings is 1. The minimum Gasteiger partial charge on any atom is -0.377 e. The summed E-state index contributed by atoms with van der Waals surface area (Å²) in [5, 5.41) is -0.132. The molecule has 2 unspecified atom stereocenters. The van der Waals surface area contributed by atoms with E-state index in [9.17, 15) is 8.42 Å². The van der Waals surface area contributed by atoms with Gasteiger partial charge in [-0.05, 0) is 32.1 Å². The maximum Gasteiger partial charge on any atom is 0.150 e. The fourth-order valence-electron chi connectivity index (χ4n) is 3.48. The second-order valence-corrected chi connectivity index (χ2v) is 8.49. The van der Waals surface area contributed by atoms with E-state index >= 15 is 0 Å². The molecule has 0 aromatic rings. The molecule has 1 heterocycles. The average molecular weight is 304 g/mol. The lowest BCUT2D eigenvalue weighted by molar-refractivity contribution is -0.00241. The van der Waals surface area contributed by atoms with Gasteiger partial charge in [-0.25, -0.2) is 8.42 Å². The predicted molar refractivity (Wildman–Crippen MR) is 80.5 cm³/mol. The van der Waals surface area contributed by atoms with E-state index in [1.807, 2.05) is 0 Å².